The van der Waals surface area contributed by atoms with Crippen LogP contribution in [0.4, 0.5) is 5.69 Å². The highest BCUT2D eigenvalue weighted by Gasteiger charge is 2.30. The summed E-state index contributed by atoms with van der Waals surface area (Å²) in [6, 6.07) is 6.01. The third-order valence-corrected chi connectivity index (χ3v) is 5.28. The molecule has 0 saturated carbocycles. The Labute approximate surface area is 112 Å². The van der Waals surface area contributed by atoms with Gasteiger partial charge in [0.05, 0.1) is 11.0 Å². The molecule has 2 heterocycles. The van der Waals surface area contributed by atoms with Crippen LogP contribution in [0.3, 0.4) is 0 Å². The number of rotatable bonds is 2. The minimum atomic E-state index is 0.361. The lowest BCUT2D eigenvalue weighted by atomic mass is 10.1. The van der Waals surface area contributed by atoms with Gasteiger partial charge >= 0.3 is 0 Å². The molecular weight excluding hydrogens is 242 g/mol. The van der Waals surface area contributed by atoms with Gasteiger partial charge in [-0.3, -0.25) is 0 Å². The van der Waals surface area contributed by atoms with Crippen molar-refractivity contribution in [2.75, 3.05) is 11.5 Å². The van der Waals surface area contributed by atoms with Gasteiger partial charge in [0, 0.05) is 17.0 Å². The first-order valence-electron chi connectivity index (χ1n) is 6.44. The second kappa shape index (κ2) is 4.19. The molecule has 1 aromatic heterocycles. The molecule has 1 aliphatic rings. The van der Waals surface area contributed by atoms with E-state index in [0.717, 1.165) is 23.6 Å². The first-order chi connectivity index (χ1) is 8.57. The van der Waals surface area contributed by atoms with Crippen molar-refractivity contribution in [3.8, 4) is 0 Å². The van der Waals surface area contributed by atoms with Gasteiger partial charge in [-0.1, -0.05) is 0 Å². The quantitative estimate of drug-likeness (QED) is 0.844. The predicted octanol–water partition coefficient (Wildman–Crippen LogP) is 3.21. The molecule has 4 heteroatoms. The molecule has 0 spiro atoms. The van der Waals surface area contributed by atoms with E-state index >= 15 is 0 Å². The zero-order chi connectivity index (χ0) is 12.8. The van der Waals surface area contributed by atoms with E-state index in [2.05, 4.69) is 41.2 Å². The Morgan fingerprint density at radius 1 is 1.50 bits per heavy atom. The molecule has 1 unspecified atom stereocenters. The molecule has 3 rings (SSSR count). The fourth-order valence-electron chi connectivity index (χ4n) is 2.76. The molecule has 1 aromatic carbocycles. The fourth-order valence-corrected chi connectivity index (χ4v) is 4.05. The van der Waals surface area contributed by atoms with Crippen LogP contribution in [-0.2, 0) is 6.54 Å². The van der Waals surface area contributed by atoms with Crippen molar-refractivity contribution in [3.05, 3.63) is 24.0 Å². The van der Waals surface area contributed by atoms with Gasteiger partial charge in [-0.05, 0) is 50.6 Å². The van der Waals surface area contributed by atoms with Crippen molar-refractivity contribution in [1.29, 1.82) is 0 Å². The molecule has 0 amide bonds. The van der Waals surface area contributed by atoms with Gasteiger partial charge in [0.2, 0.25) is 0 Å². The lowest BCUT2D eigenvalue weighted by Gasteiger charge is -2.24. The summed E-state index contributed by atoms with van der Waals surface area (Å²) in [4.78, 5) is 4.62. The number of benzene rings is 1. The Morgan fingerprint density at radius 2 is 2.33 bits per heavy atom. The number of nitrogen functional groups attached to an aromatic ring is 1. The second-order valence-corrected chi connectivity index (χ2v) is 7.08. The van der Waals surface area contributed by atoms with Crippen molar-refractivity contribution >= 4 is 28.5 Å². The van der Waals surface area contributed by atoms with Gasteiger partial charge in [0.1, 0.15) is 5.82 Å². The lowest BCUT2D eigenvalue weighted by Crippen LogP contribution is -2.24. The average molecular weight is 261 g/mol. The highest BCUT2D eigenvalue weighted by molar-refractivity contribution is 8.00. The van der Waals surface area contributed by atoms with Crippen molar-refractivity contribution < 1.29 is 0 Å². The van der Waals surface area contributed by atoms with Crippen molar-refractivity contribution in [2.45, 2.75) is 38.0 Å². The number of imidazole rings is 1. The maximum Gasteiger partial charge on any atom is 0.106 e. The van der Waals surface area contributed by atoms with Crippen LogP contribution < -0.4 is 5.73 Å². The maximum atomic E-state index is 5.82. The van der Waals surface area contributed by atoms with E-state index in [1.165, 1.54) is 24.1 Å². The van der Waals surface area contributed by atoms with Crippen LogP contribution in [0.1, 0.15) is 25.6 Å². The zero-order valence-electron chi connectivity index (χ0n) is 10.9. The topological polar surface area (TPSA) is 43.8 Å². The predicted molar refractivity (Wildman–Crippen MR) is 79.0 cm³/mol. The normalized spacial score (nSPS) is 23.9. The highest BCUT2D eigenvalue weighted by Crippen LogP contribution is 2.39. The third kappa shape index (κ3) is 1.99. The van der Waals surface area contributed by atoms with E-state index in [0.29, 0.717) is 4.75 Å². The van der Waals surface area contributed by atoms with E-state index in [-0.39, 0.29) is 0 Å². The van der Waals surface area contributed by atoms with Gasteiger partial charge in [0.15, 0.2) is 0 Å². The SMILES string of the molecule is Cc1nc2cc(N)ccc2n1CC1(C)CCCS1. The summed E-state index contributed by atoms with van der Waals surface area (Å²) in [5, 5.41) is 0. The van der Waals surface area contributed by atoms with Crippen LogP contribution in [-0.4, -0.2) is 20.1 Å². The molecule has 1 saturated heterocycles. The van der Waals surface area contributed by atoms with E-state index in [1.54, 1.807) is 0 Å². The number of nitrogens with zero attached hydrogens (tertiary/aromatic N) is 2. The first kappa shape index (κ1) is 11.9. The van der Waals surface area contributed by atoms with E-state index < -0.39 is 0 Å². The van der Waals surface area contributed by atoms with E-state index in [9.17, 15) is 0 Å². The number of aryl methyl sites for hydroxylation is 1. The molecule has 2 N–H and O–H groups in total. The molecule has 0 radical (unpaired) electrons. The largest absolute Gasteiger partial charge is 0.399 e. The van der Waals surface area contributed by atoms with E-state index in [1.807, 2.05) is 12.1 Å². The number of thioether (sulfide) groups is 1. The number of hydrogen-bond donors (Lipinski definition) is 1. The summed E-state index contributed by atoms with van der Waals surface area (Å²) in [7, 11) is 0. The first-order valence-corrected chi connectivity index (χ1v) is 7.42. The Balaban J connectivity index is 2.03. The Morgan fingerprint density at radius 3 is 3.06 bits per heavy atom. The molecule has 1 fully saturated rings. The number of hydrogen-bond acceptors (Lipinski definition) is 3. The lowest BCUT2D eigenvalue weighted by molar-refractivity contribution is 0.511. The summed E-state index contributed by atoms with van der Waals surface area (Å²) >= 11 is 2.09. The van der Waals surface area contributed by atoms with Gasteiger partial charge in [-0.2, -0.15) is 11.8 Å². The molecule has 1 aliphatic heterocycles. The van der Waals surface area contributed by atoms with Crippen molar-refractivity contribution in [3.63, 3.8) is 0 Å². The van der Waals surface area contributed by atoms with Crippen LogP contribution in [0.5, 0.6) is 0 Å². The Bertz CT molecular complexity index is 582. The summed E-state index contributed by atoms with van der Waals surface area (Å²) < 4.78 is 2.70. The molecule has 0 aliphatic carbocycles. The number of aromatic nitrogens is 2. The molecule has 96 valence electrons. The van der Waals surface area contributed by atoms with Crippen LogP contribution in [0, 0.1) is 6.92 Å². The second-order valence-electron chi connectivity index (χ2n) is 5.40. The van der Waals surface area contributed by atoms with Crippen molar-refractivity contribution in [2.24, 2.45) is 0 Å². The summed E-state index contributed by atoms with van der Waals surface area (Å²) in [6.45, 7) is 5.50. The number of fused-ring (bicyclic) bond motifs is 1. The van der Waals surface area contributed by atoms with Gasteiger partial charge < -0.3 is 10.3 Å². The highest BCUT2D eigenvalue weighted by atomic mass is 32.2. The van der Waals surface area contributed by atoms with Crippen LogP contribution in [0.15, 0.2) is 18.2 Å². The zero-order valence-corrected chi connectivity index (χ0v) is 11.8. The van der Waals surface area contributed by atoms with E-state index in [4.69, 9.17) is 5.73 Å². The minimum Gasteiger partial charge on any atom is -0.399 e. The standard InChI is InChI=1S/C14H19N3S/c1-10-16-12-8-11(15)4-5-13(12)17(10)9-14(2)6-3-7-18-14/h4-5,8H,3,6-7,9,15H2,1-2H3. The summed E-state index contributed by atoms with van der Waals surface area (Å²) in [5.74, 6) is 2.37. The number of nitrogens with two attached hydrogens (primary N) is 1. The van der Waals surface area contributed by atoms with Gasteiger partial charge in [-0.25, -0.2) is 4.98 Å². The van der Waals surface area contributed by atoms with Crippen LogP contribution >= 0.6 is 11.8 Å². The molecule has 2 aromatic rings. The summed E-state index contributed by atoms with van der Waals surface area (Å²) in [6.07, 6.45) is 2.63. The molecular formula is C14H19N3S. The molecule has 3 nitrogen and oxygen atoms in total. The smallest absolute Gasteiger partial charge is 0.106 e. The maximum absolute atomic E-state index is 5.82. The van der Waals surface area contributed by atoms with Crippen LogP contribution in [0.2, 0.25) is 0 Å². The third-order valence-electron chi connectivity index (χ3n) is 3.76. The van der Waals surface area contributed by atoms with Gasteiger partial charge in [0.25, 0.3) is 0 Å². The number of anilines is 1. The Hall–Kier alpha value is -1.16. The molecule has 0 bridgehead atoms. The average Bonchev–Trinajstić information content (AvgIpc) is 2.85. The Kier molecular flexibility index (Phi) is 2.77. The summed E-state index contributed by atoms with van der Waals surface area (Å²) in [5.41, 5.74) is 8.82. The van der Waals surface area contributed by atoms with Crippen molar-refractivity contribution in [1.82, 2.24) is 9.55 Å². The molecule has 18 heavy (non-hydrogen) atoms. The van der Waals surface area contributed by atoms with Gasteiger partial charge in [-0.15, -0.1) is 0 Å². The van der Waals surface area contributed by atoms with Crippen LogP contribution in [0.25, 0.3) is 11.0 Å². The molecule has 1 atom stereocenters. The fraction of sp³-hybridized carbons (Fsp3) is 0.500. The minimum absolute atomic E-state index is 0.361. The monoisotopic (exact) mass is 261 g/mol.